The maximum Gasteiger partial charge on any atom is 0.245 e. The minimum Gasteiger partial charge on any atom is -0.361 e. The highest BCUT2D eigenvalue weighted by Crippen LogP contribution is 2.30. The molecule has 1 atom stereocenters. The van der Waals surface area contributed by atoms with Crippen LogP contribution in [0.15, 0.2) is 30.5 Å². The molecule has 0 aliphatic carbocycles. The molecule has 1 aliphatic rings. The highest BCUT2D eigenvalue weighted by atomic mass is 16.2. The normalized spacial score (nSPS) is 17.7. The number of carbonyl (C=O) groups excluding carboxylic acids is 2. The number of nitrogens with zero attached hydrogens (tertiary/aromatic N) is 1. The summed E-state index contributed by atoms with van der Waals surface area (Å²) in [5.41, 5.74) is 8.08. The Morgan fingerprint density at radius 3 is 2.57 bits per heavy atom. The molecule has 1 aromatic carbocycles. The highest BCUT2D eigenvalue weighted by molar-refractivity contribution is 5.90. The standard InChI is InChI=1S/C22H32N4O2/c1-15(2)20(27)25-19(12-16-13-24-18-7-5-4-6-17(16)18)21(28)26-10-8-22(3,14-23)9-11-26/h4-7,13,15,19,24H,8-12,14,23H2,1-3H3,(H,25,27). The van der Waals surface area contributed by atoms with Crippen molar-refractivity contribution in [2.75, 3.05) is 19.6 Å². The van der Waals surface area contributed by atoms with E-state index in [4.69, 9.17) is 5.73 Å². The quantitative estimate of drug-likeness (QED) is 0.714. The number of likely N-dealkylation sites (tertiary alicyclic amines) is 1. The number of aromatic nitrogens is 1. The van der Waals surface area contributed by atoms with Gasteiger partial charge in [0.1, 0.15) is 6.04 Å². The van der Waals surface area contributed by atoms with Gasteiger partial charge in [0.15, 0.2) is 0 Å². The zero-order valence-corrected chi connectivity index (χ0v) is 17.1. The van der Waals surface area contributed by atoms with Gasteiger partial charge in [-0.15, -0.1) is 0 Å². The number of nitrogens with two attached hydrogens (primary N) is 1. The van der Waals surface area contributed by atoms with Crippen LogP contribution in [0.1, 0.15) is 39.2 Å². The monoisotopic (exact) mass is 384 g/mol. The molecular formula is C22H32N4O2. The lowest BCUT2D eigenvalue weighted by atomic mass is 9.80. The van der Waals surface area contributed by atoms with Crippen molar-refractivity contribution in [2.45, 2.75) is 46.1 Å². The van der Waals surface area contributed by atoms with E-state index in [1.165, 1.54) is 0 Å². The topological polar surface area (TPSA) is 91.2 Å². The van der Waals surface area contributed by atoms with E-state index >= 15 is 0 Å². The maximum absolute atomic E-state index is 13.3. The fraction of sp³-hybridized carbons (Fsp3) is 0.545. The number of H-pyrrole nitrogens is 1. The molecule has 28 heavy (non-hydrogen) atoms. The minimum absolute atomic E-state index is 0.00153. The number of hydrogen-bond acceptors (Lipinski definition) is 3. The Kier molecular flexibility index (Phi) is 6.08. The van der Waals surface area contributed by atoms with Gasteiger partial charge >= 0.3 is 0 Å². The number of nitrogens with one attached hydrogen (secondary N) is 2. The second-order valence-electron chi connectivity index (χ2n) is 8.62. The third-order valence-electron chi connectivity index (χ3n) is 6.01. The van der Waals surface area contributed by atoms with Gasteiger partial charge in [-0.3, -0.25) is 9.59 Å². The zero-order valence-electron chi connectivity index (χ0n) is 17.1. The molecule has 1 saturated heterocycles. The molecule has 152 valence electrons. The van der Waals surface area contributed by atoms with Gasteiger partial charge in [-0.1, -0.05) is 39.0 Å². The van der Waals surface area contributed by atoms with Crippen molar-refractivity contribution in [1.29, 1.82) is 0 Å². The number of aromatic amines is 1. The summed E-state index contributed by atoms with van der Waals surface area (Å²) in [6.07, 6.45) is 4.21. The van der Waals surface area contributed by atoms with Crippen molar-refractivity contribution in [2.24, 2.45) is 17.1 Å². The minimum atomic E-state index is -0.559. The molecule has 1 aliphatic heterocycles. The average Bonchev–Trinajstić information content (AvgIpc) is 3.10. The fourth-order valence-electron chi connectivity index (χ4n) is 3.75. The van der Waals surface area contributed by atoms with E-state index in [1.54, 1.807) is 0 Å². The Hall–Kier alpha value is -2.34. The number of hydrogen-bond donors (Lipinski definition) is 3. The van der Waals surface area contributed by atoms with Crippen molar-refractivity contribution in [1.82, 2.24) is 15.2 Å². The van der Waals surface area contributed by atoms with E-state index in [0.717, 1.165) is 29.3 Å². The molecule has 1 aromatic heterocycles. The van der Waals surface area contributed by atoms with Crippen LogP contribution in [0.5, 0.6) is 0 Å². The van der Waals surface area contributed by atoms with E-state index in [2.05, 4.69) is 17.2 Å². The van der Waals surface area contributed by atoms with Crippen molar-refractivity contribution < 1.29 is 9.59 Å². The van der Waals surface area contributed by atoms with Crippen LogP contribution in [-0.4, -0.2) is 47.4 Å². The van der Waals surface area contributed by atoms with Crippen molar-refractivity contribution in [3.63, 3.8) is 0 Å². The van der Waals surface area contributed by atoms with Crippen LogP contribution in [0.2, 0.25) is 0 Å². The maximum atomic E-state index is 13.3. The smallest absolute Gasteiger partial charge is 0.245 e. The van der Waals surface area contributed by atoms with E-state index < -0.39 is 6.04 Å². The van der Waals surface area contributed by atoms with Gasteiger partial charge in [0.2, 0.25) is 11.8 Å². The second-order valence-corrected chi connectivity index (χ2v) is 8.62. The lowest BCUT2D eigenvalue weighted by Crippen LogP contribution is -2.54. The number of fused-ring (bicyclic) bond motifs is 1. The summed E-state index contributed by atoms with van der Waals surface area (Å²) >= 11 is 0. The predicted molar refractivity (Wildman–Crippen MR) is 112 cm³/mol. The van der Waals surface area contributed by atoms with E-state index in [1.807, 2.05) is 49.2 Å². The van der Waals surface area contributed by atoms with Crippen molar-refractivity contribution in [3.8, 4) is 0 Å². The Bertz CT molecular complexity index is 834. The van der Waals surface area contributed by atoms with Crippen molar-refractivity contribution in [3.05, 3.63) is 36.0 Å². The van der Waals surface area contributed by atoms with Crippen LogP contribution in [0, 0.1) is 11.3 Å². The molecule has 0 saturated carbocycles. The molecule has 0 bridgehead atoms. The highest BCUT2D eigenvalue weighted by Gasteiger charge is 2.34. The summed E-state index contributed by atoms with van der Waals surface area (Å²) in [4.78, 5) is 30.8. The largest absolute Gasteiger partial charge is 0.361 e. The van der Waals surface area contributed by atoms with Crippen LogP contribution in [0.4, 0.5) is 0 Å². The van der Waals surface area contributed by atoms with E-state index in [9.17, 15) is 9.59 Å². The third kappa shape index (κ3) is 4.38. The first-order valence-corrected chi connectivity index (χ1v) is 10.2. The van der Waals surface area contributed by atoms with Crippen LogP contribution < -0.4 is 11.1 Å². The van der Waals surface area contributed by atoms with Crippen LogP contribution in [0.25, 0.3) is 10.9 Å². The summed E-state index contributed by atoms with van der Waals surface area (Å²) in [5, 5.41) is 4.07. The summed E-state index contributed by atoms with van der Waals surface area (Å²) in [7, 11) is 0. The summed E-state index contributed by atoms with van der Waals surface area (Å²) in [6, 6.07) is 7.47. The first kappa shape index (κ1) is 20.4. The summed E-state index contributed by atoms with van der Waals surface area (Å²) in [6.45, 7) is 7.88. The van der Waals surface area contributed by atoms with Gasteiger partial charge in [-0.25, -0.2) is 0 Å². The van der Waals surface area contributed by atoms with Gasteiger partial charge in [0, 0.05) is 42.5 Å². The molecule has 2 heterocycles. The molecule has 6 heteroatoms. The summed E-state index contributed by atoms with van der Waals surface area (Å²) in [5.74, 6) is -0.263. The fourth-order valence-corrected chi connectivity index (χ4v) is 3.75. The van der Waals surface area contributed by atoms with Crippen molar-refractivity contribution >= 4 is 22.7 Å². The van der Waals surface area contributed by atoms with Crippen LogP contribution >= 0.6 is 0 Å². The number of amides is 2. The van der Waals surface area contributed by atoms with Gasteiger partial charge in [0.25, 0.3) is 0 Å². The Morgan fingerprint density at radius 2 is 1.93 bits per heavy atom. The number of para-hydroxylation sites is 1. The molecular weight excluding hydrogens is 352 g/mol. The molecule has 4 N–H and O–H groups in total. The Morgan fingerprint density at radius 1 is 1.25 bits per heavy atom. The van der Waals surface area contributed by atoms with Gasteiger partial charge in [-0.2, -0.15) is 0 Å². The molecule has 1 unspecified atom stereocenters. The number of carbonyl (C=O) groups is 2. The van der Waals surface area contributed by atoms with Gasteiger partial charge in [-0.05, 0) is 36.4 Å². The molecule has 2 aromatic rings. The molecule has 0 radical (unpaired) electrons. The number of benzene rings is 1. The van der Waals surface area contributed by atoms with E-state index in [0.29, 0.717) is 26.1 Å². The second kappa shape index (κ2) is 8.35. The molecule has 1 fully saturated rings. The molecule has 2 amide bonds. The molecule has 0 spiro atoms. The summed E-state index contributed by atoms with van der Waals surface area (Å²) < 4.78 is 0. The average molecular weight is 385 g/mol. The first-order chi connectivity index (χ1) is 13.3. The number of piperidine rings is 1. The Labute approximate surface area is 166 Å². The predicted octanol–water partition coefficient (Wildman–Crippen LogP) is 2.44. The lowest BCUT2D eigenvalue weighted by Gasteiger charge is -2.40. The van der Waals surface area contributed by atoms with Gasteiger partial charge in [0.05, 0.1) is 0 Å². The molecule has 6 nitrogen and oxygen atoms in total. The molecule has 3 rings (SSSR count). The third-order valence-corrected chi connectivity index (χ3v) is 6.01. The van der Waals surface area contributed by atoms with Crippen LogP contribution in [0.3, 0.4) is 0 Å². The first-order valence-electron chi connectivity index (χ1n) is 10.2. The zero-order chi connectivity index (χ0) is 20.3. The van der Waals surface area contributed by atoms with Gasteiger partial charge < -0.3 is 20.9 Å². The van der Waals surface area contributed by atoms with E-state index in [-0.39, 0.29) is 23.1 Å². The lowest BCUT2D eigenvalue weighted by molar-refractivity contribution is -0.138. The SMILES string of the molecule is CC(C)C(=O)NC(Cc1c[nH]c2ccccc12)C(=O)N1CCC(C)(CN)CC1. The number of rotatable bonds is 6. The van der Waals surface area contributed by atoms with Crippen LogP contribution in [-0.2, 0) is 16.0 Å². The Balaban J connectivity index is 1.79.